The lowest BCUT2D eigenvalue weighted by Gasteiger charge is -2.23. The average Bonchev–Trinajstić information content (AvgIpc) is 2.54. The molecule has 2 rings (SSSR count). The molecular weight excluding hydrogens is 210 g/mol. The predicted molar refractivity (Wildman–Crippen MR) is 73.4 cm³/mol. The van der Waals surface area contributed by atoms with E-state index >= 15 is 0 Å². The van der Waals surface area contributed by atoms with Crippen molar-refractivity contribution in [3.05, 3.63) is 29.8 Å². The van der Waals surface area contributed by atoms with Crippen molar-refractivity contribution in [1.82, 2.24) is 4.90 Å². The van der Waals surface area contributed by atoms with E-state index in [1.807, 2.05) is 6.92 Å². The second-order valence-corrected chi connectivity index (χ2v) is 5.02. The molecule has 1 aromatic carbocycles. The van der Waals surface area contributed by atoms with E-state index in [9.17, 15) is 0 Å². The molecule has 94 valence electrons. The Hall–Kier alpha value is -1.06. The topological polar surface area (TPSA) is 32.5 Å². The van der Waals surface area contributed by atoms with Gasteiger partial charge in [0.2, 0.25) is 0 Å². The van der Waals surface area contributed by atoms with Crippen molar-refractivity contribution in [3.8, 4) is 0 Å². The van der Waals surface area contributed by atoms with Crippen molar-refractivity contribution in [3.63, 3.8) is 0 Å². The molecule has 2 N–H and O–H groups in total. The first-order valence-corrected chi connectivity index (χ1v) is 6.46. The van der Waals surface area contributed by atoms with Crippen molar-refractivity contribution < 1.29 is 0 Å². The molecule has 0 aliphatic carbocycles. The Labute approximate surface area is 104 Å². The summed E-state index contributed by atoms with van der Waals surface area (Å²) in [5, 5.41) is 0. The van der Waals surface area contributed by atoms with Crippen LogP contribution in [0.5, 0.6) is 0 Å². The lowest BCUT2D eigenvalue weighted by Crippen LogP contribution is -2.28. The molecule has 1 fully saturated rings. The number of nitrogens with two attached hydrogens (primary N) is 1. The normalized spacial score (nSPS) is 20.1. The minimum absolute atomic E-state index is 0.124. The van der Waals surface area contributed by atoms with Gasteiger partial charge in [-0.3, -0.25) is 0 Å². The second kappa shape index (κ2) is 5.52. The first kappa shape index (κ1) is 12.4. The van der Waals surface area contributed by atoms with Gasteiger partial charge in [-0.05, 0) is 44.6 Å². The Kier molecular flexibility index (Phi) is 4.02. The van der Waals surface area contributed by atoms with Gasteiger partial charge in [-0.15, -0.1) is 0 Å². The van der Waals surface area contributed by atoms with E-state index in [1.54, 1.807) is 0 Å². The Morgan fingerprint density at radius 3 is 2.41 bits per heavy atom. The molecule has 17 heavy (non-hydrogen) atoms. The van der Waals surface area contributed by atoms with Gasteiger partial charge in [0, 0.05) is 31.4 Å². The number of likely N-dealkylation sites (N-methyl/N-ethyl adjacent to an activating group) is 1. The molecule has 3 heteroatoms. The highest BCUT2D eigenvalue weighted by Gasteiger charge is 2.12. The zero-order valence-corrected chi connectivity index (χ0v) is 10.9. The molecule has 1 aliphatic heterocycles. The zero-order chi connectivity index (χ0) is 12.3. The third-order valence-corrected chi connectivity index (χ3v) is 3.50. The van der Waals surface area contributed by atoms with E-state index in [2.05, 4.69) is 41.1 Å². The van der Waals surface area contributed by atoms with E-state index in [0.717, 1.165) is 19.6 Å². The highest BCUT2D eigenvalue weighted by atomic mass is 15.2. The van der Waals surface area contributed by atoms with Crippen molar-refractivity contribution in [2.45, 2.75) is 19.4 Å². The summed E-state index contributed by atoms with van der Waals surface area (Å²) >= 11 is 0. The molecule has 0 radical (unpaired) electrons. The number of hydrogen-bond donors (Lipinski definition) is 1. The molecule has 0 saturated carbocycles. The standard InChI is InChI=1S/C14H23N3/c1-12(15)13-4-6-14(7-5-13)17-9-3-8-16(2)10-11-17/h4-7,12H,3,8-11,15H2,1-2H3/t12-/m0/s1. The molecule has 1 aliphatic rings. The first-order chi connectivity index (χ1) is 8.16. The maximum atomic E-state index is 5.87. The van der Waals surface area contributed by atoms with Crippen molar-refractivity contribution in [1.29, 1.82) is 0 Å². The summed E-state index contributed by atoms with van der Waals surface area (Å²) in [4.78, 5) is 4.87. The summed E-state index contributed by atoms with van der Waals surface area (Å²) in [6, 6.07) is 8.82. The fraction of sp³-hybridized carbons (Fsp3) is 0.571. The Morgan fingerprint density at radius 1 is 1.06 bits per heavy atom. The van der Waals surface area contributed by atoms with Crippen molar-refractivity contribution in [2.24, 2.45) is 5.73 Å². The lowest BCUT2D eigenvalue weighted by atomic mass is 10.1. The molecule has 3 nitrogen and oxygen atoms in total. The Morgan fingerprint density at radius 2 is 1.76 bits per heavy atom. The van der Waals surface area contributed by atoms with Gasteiger partial charge in [0.15, 0.2) is 0 Å². The fourth-order valence-electron chi connectivity index (χ4n) is 2.29. The van der Waals surface area contributed by atoms with Gasteiger partial charge in [0.1, 0.15) is 0 Å². The zero-order valence-electron chi connectivity index (χ0n) is 10.9. The monoisotopic (exact) mass is 233 g/mol. The number of nitrogens with zero attached hydrogens (tertiary/aromatic N) is 2. The summed E-state index contributed by atoms with van der Waals surface area (Å²) in [5.74, 6) is 0. The number of rotatable bonds is 2. The number of anilines is 1. The van der Waals surface area contributed by atoms with Crippen LogP contribution in [0.15, 0.2) is 24.3 Å². The number of benzene rings is 1. The van der Waals surface area contributed by atoms with Crippen LogP contribution in [0, 0.1) is 0 Å². The van der Waals surface area contributed by atoms with Crippen LogP contribution in [0.4, 0.5) is 5.69 Å². The Bertz CT molecular complexity index is 345. The van der Waals surface area contributed by atoms with E-state index in [-0.39, 0.29) is 6.04 Å². The highest BCUT2D eigenvalue weighted by Crippen LogP contribution is 2.19. The lowest BCUT2D eigenvalue weighted by molar-refractivity contribution is 0.360. The second-order valence-electron chi connectivity index (χ2n) is 5.02. The van der Waals surface area contributed by atoms with Crippen LogP contribution < -0.4 is 10.6 Å². The quantitative estimate of drug-likeness (QED) is 0.846. The van der Waals surface area contributed by atoms with E-state index in [4.69, 9.17) is 5.73 Å². The average molecular weight is 233 g/mol. The molecular formula is C14H23N3. The molecule has 1 saturated heterocycles. The van der Waals surface area contributed by atoms with Gasteiger partial charge in [0.25, 0.3) is 0 Å². The van der Waals surface area contributed by atoms with Gasteiger partial charge in [-0.2, -0.15) is 0 Å². The molecule has 1 heterocycles. The van der Waals surface area contributed by atoms with Crippen molar-refractivity contribution in [2.75, 3.05) is 38.1 Å². The summed E-state index contributed by atoms with van der Waals surface area (Å²) in [6.45, 7) is 6.65. The minimum atomic E-state index is 0.124. The van der Waals surface area contributed by atoms with Crippen LogP contribution in [-0.2, 0) is 0 Å². The smallest absolute Gasteiger partial charge is 0.0366 e. The van der Waals surface area contributed by atoms with Gasteiger partial charge in [-0.1, -0.05) is 12.1 Å². The summed E-state index contributed by atoms with van der Waals surface area (Å²) in [7, 11) is 2.20. The van der Waals surface area contributed by atoms with Crippen LogP contribution in [0.25, 0.3) is 0 Å². The predicted octanol–water partition coefficient (Wildman–Crippen LogP) is 1.85. The SMILES string of the molecule is C[C@H](N)c1ccc(N2CCCN(C)CC2)cc1. The van der Waals surface area contributed by atoms with Crippen LogP contribution in [0.3, 0.4) is 0 Å². The molecule has 0 spiro atoms. The molecule has 0 bridgehead atoms. The van der Waals surface area contributed by atoms with E-state index in [0.29, 0.717) is 0 Å². The third-order valence-electron chi connectivity index (χ3n) is 3.50. The minimum Gasteiger partial charge on any atom is -0.370 e. The molecule has 1 atom stereocenters. The van der Waals surface area contributed by atoms with Crippen molar-refractivity contribution >= 4 is 5.69 Å². The highest BCUT2D eigenvalue weighted by molar-refractivity contribution is 5.48. The van der Waals surface area contributed by atoms with Gasteiger partial charge in [0.05, 0.1) is 0 Å². The largest absolute Gasteiger partial charge is 0.370 e. The van der Waals surface area contributed by atoms with Gasteiger partial charge in [-0.25, -0.2) is 0 Å². The molecule has 0 aromatic heterocycles. The molecule has 1 aromatic rings. The van der Waals surface area contributed by atoms with Crippen LogP contribution in [0.1, 0.15) is 24.9 Å². The maximum Gasteiger partial charge on any atom is 0.0366 e. The summed E-state index contributed by atoms with van der Waals surface area (Å²) in [6.07, 6.45) is 1.24. The first-order valence-electron chi connectivity index (χ1n) is 6.46. The van der Waals surface area contributed by atoms with Crippen LogP contribution >= 0.6 is 0 Å². The summed E-state index contributed by atoms with van der Waals surface area (Å²) < 4.78 is 0. The molecule has 0 unspecified atom stereocenters. The van der Waals surface area contributed by atoms with E-state index < -0.39 is 0 Å². The van der Waals surface area contributed by atoms with Gasteiger partial charge >= 0.3 is 0 Å². The fourth-order valence-corrected chi connectivity index (χ4v) is 2.29. The number of hydrogen-bond acceptors (Lipinski definition) is 3. The maximum absolute atomic E-state index is 5.87. The van der Waals surface area contributed by atoms with Crippen LogP contribution in [-0.4, -0.2) is 38.1 Å². The summed E-state index contributed by atoms with van der Waals surface area (Å²) in [5.41, 5.74) is 8.40. The molecule has 0 amide bonds. The third kappa shape index (κ3) is 3.20. The van der Waals surface area contributed by atoms with Gasteiger partial charge < -0.3 is 15.5 Å². The van der Waals surface area contributed by atoms with E-state index in [1.165, 1.54) is 24.2 Å². The van der Waals surface area contributed by atoms with Crippen LogP contribution in [0.2, 0.25) is 0 Å². The Balaban J connectivity index is 2.06.